The molecule has 4 rings (SSSR count). The normalized spacial score (nSPS) is 11.5. The van der Waals surface area contributed by atoms with E-state index in [2.05, 4.69) is 49.9 Å². The van der Waals surface area contributed by atoms with Gasteiger partial charge in [0.05, 0.1) is 25.1 Å². The van der Waals surface area contributed by atoms with Crippen LogP contribution >= 0.6 is 0 Å². The minimum absolute atomic E-state index is 0.534. The molecular weight excluding hydrogens is 388 g/mol. The lowest BCUT2D eigenvalue weighted by atomic mass is 10.1. The summed E-state index contributed by atoms with van der Waals surface area (Å²) in [6, 6.07) is 18.4. The molecule has 0 aliphatic heterocycles. The number of hydrogen-bond donors (Lipinski definition) is 2. The Labute approximate surface area is 181 Å². The van der Waals surface area contributed by atoms with E-state index in [1.807, 2.05) is 54.3 Å². The SMILES string of the molecule is CCNC(=NCc1ccc(Cn2ccnc2)cc1)NCc1coc(-c2ccccc2)n1. The zero-order valence-electron chi connectivity index (χ0n) is 17.5. The van der Waals surface area contributed by atoms with E-state index >= 15 is 0 Å². The molecule has 0 unspecified atom stereocenters. The maximum absolute atomic E-state index is 5.60. The van der Waals surface area contributed by atoms with Gasteiger partial charge >= 0.3 is 0 Å². The third-order valence-electron chi connectivity index (χ3n) is 4.72. The van der Waals surface area contributed by atoms with Gasteiger partial charge in [-0.25, -0.2) is 15.0 Å². The van der Waals surface area contributed by atoms with Crippen molar-refractivity contribution in [2.45, 2.75) is 26.6 Å². The first-order valence-corrected chi connectivity index (χ1v) is 10.4. The average Bonchev–Trinajstić information content (AvgIpc) is 3.50. The number of nitrogens with zero attached hydrogens (tertiary/aromatic N) is 4. The summed E-state index contributed by atoms with van der Waals surface area (Å²) in [5.41, 5.74) is 4.18. The Hall–Kier alpha value is -3.87. The fourth-order valence-electron chi connectivity index (χ4n) is 3.13. The lowest BCUT2D eigenvalue weighted by molar-refractivity contribution is 0.572. The van der Waals surface area contributed by atoms with Crippen molar-refractivity contribution >= 4 is 5.96 Å². The molecule has 0 fully saturated rings. The molecule has 0 spiro atoms. The third-order valence-corrected chi connectivity index (χ3v) is 4.72. The molecular formula is C24H26N6O. The topological polar surface area (TPSA) is 80.3 Å². The second kappa shape index (κ2) is 10.2. The minimum Gasteiger partial charge on any atom is -0.444 e. The van der Waals surface area contributed by atoms with Crippen LogP contribution < -0.4 is 10.6 Å². The number of benzene rings is 2. The number of oxazole rings is 1. The van der Waals surface area contributed by atoms with Crippen molar-refractivity contribution in [3.63, 3.8) is 0 Å². The van der Waals surface area contributed by atoms with Gasteiger partial charge in [-0.3, -0.25) is 0 Å². The molecule has 0 saturated heterocycles. The summed E-state index contributed by atoms with van der Waals surface area (Å²) in [6.07, 6.45) is 7.26. The van der Waals surface area contributed by atoms with Gasteiger partial charge < -0.3 is 19.6 Å². The summed E-state index contributed by atoms with van der Waals surface area (Å²) in [6.45, 7) is 4.77. The molecule has 2 N–H and O–H groups in total. The van der Waals surface area contributed by atoms with Crippen LogP contribution in [-0.2, 0) is 19.6 Å². The molecule has 2 aromatic carbocycles. The van der Waals surface area contributed by atoms with Gasteiger partial charge in [0.25, 0.3) is 0 Å². The van der Waals surface area contributed by atoms with Crippen LogP contribution in [0.25, 0.3) is 11.5 Å². The Morgan fingerprint density at radius 1 is 1.03 bits per heavy atom. The number of guanidine groups is 1. The van der Waals surface area contributed by atoms with E-state index in [0.717, 1.165) is 35.9 Å². The van der Waals surface area contributed by atoms with Crippen LogP contribution in [0.5, 0.6) is 0 Å². The van der Waals surface area contributed by atoms with Crippen molar-refractivity contribution in [3.05, 3.63) is 96.4 Å². The Morgan fingerprint density at radius 2 is 1.84 bits per heavy atom. The Morgan fingerprint density at radius 3 is 2.58 bits per heavy atom. The molecule has 2 heterocycles. The molecule has 7 nitrogen and oxygen atoms in total. The van der Waals surface area contributed by atoms with Crippen molar-refractivity contribution < 1.29 is 4.42 Å². The van der Waals surface area contributed by atoms with Gasteiger partial charge in [-0.05, 0) is 30.2 Å². The first kappa shape index (κ1) is 20.4. The zero-order valence-corrected chi connectivity index (χ0v) is 17.5. The standard InChI is InChI=1S/C24H26N6O/c1-2-26-24(28-15-22-17-31-23(29-22)21-6-4-3-5-7-21)27-14-19-8-10-20(11-9-19)16-30-13-12-25-18-30/h3-13,17-18H,2,14-16H2,1H3,(H2,26,27,28). The van der Waals surface area contributed by atoms with Crippen LogP contribution in [0.15, 0.2) is 89.0 Å². The number of rotatable bonds is 8. The van der Waals surface area contributed by atoms with Gasteiger partial charge in [-0.15, -0.1) is 0 Å². The molecule has 0 aliphatic carbocycles. The summed E-state index contributed by atoms with van der Waals surface area (Å²) in [7, 11) is 0. The van der Waals surface area contributed by atoms with E-state index in [4.69, 9.17) is 4.42 Å². The van der Waals surface area contributed by atoms with E-state index < -0.39 is 0 Å². The zero-order chi connectivity index (χ0) is 21.3. The summed E-state index contributed by atoms with van der Waals surface area (Å²) in [4.78, 5) is 13.3. The fourth-order valence-corrected chi connectivity index (χ4v) is 3.13. The predicted octanol–water partition coefficient (Wildman–Crippen LogP) is 3.84. The van der Waals surface area contributed by atoms with E-state index in [-0.39, 0.29) is 0 Å². The first-order valence-electron chi connectivity index (χ1n) is 10.4. The average molecular weight is 415 g/mol. The molecule has 0 aliphatic rings. The fraction of sp³-hybridized carbons (Fsp3) is 0.208. The highest BCUT2D eigenvalue weighted by atomic mass is 16.3. The number of aliphatic imine (C=N–C) groups is 1. The van der Waals surface area contributed by atoms with Crippen molar-refractivity contribution in [1.82, 2.24) is 25.2 Å². The molecule has 158 valence electrons. The third kappa shape index (κ3) is 5.82. The van der Waals surface area contributed by atoms with Crippen LogP contribution in [0.1, 0.15) is 23.7 Å². The molecule has 31 heavy (non-hydrogen) atoms. The van der Waals surface area contributed by atoms with Gasteiger partial charge in [0, 0.05) is 31.0 Å². The summed E-state index contributed by atoms with van der Waals surface area (Å²) in [5, 5.41) is 6.59. The van der Waals surface area contributed by atoms with Gasteiger partial charge in [-0.2, -0.15) is 0 Å². The Bertz CT molecular complexity index is 1080. The highest BCUT2D eigenvalue weighted by Crippen LogP contribution is 2.17. The van der Waals surface area contributed by atoms with Crippen molar-refractivity contribution in [3.8, 4) is 11.5 Å². The maximum atomic E-state index is 5.60. The lowest BCUT2D eigenvalue weighted by Crippen LogP contribution is -2.36. The number of aromatic nitrogens is 3. The predicted molar refractivity (Wildman–Crippen MR) is 121 cm³/mol. The van der Waals surface area contributed by atoms with Gasteiger partial charge in [-0.1, -0.05) is 42.5 Å². The molecule has 0 saturated carbocycles. The summed E-state index contributed by atoms with van der Waals surface area (Å²) < 4.78 is 7.65. The Balaban J connectivity index is 1.33. The molecule has 2 aromatic heterocycles. The summed E-state index contributed by atoms with van der Waals surface area (Å²) >= 11 is 0. The summed E-state index contributed by atoms with van der Waals surface area (Å²) in [5.74, 6) is 1.37. The van der Waals surface area contributed by atoms with Gasteiger partial charge in [0.1, 0.15) is 6.26 Å². The van der Waals surface area contributed by atoms with Gasteiger partial charge in [0.15, 0.2) is 5.96 Å². The highest BCUT2D eigenvalue weighted by molar-refractivity contribution is 5.79. The van der Waals surface area contributed by atoms with Crippen LogP contribution in [0.3, 0.4) is 0 Å². The molecule has 4 aromatic rings. The smallest absolute Gasteiger partial charge is 0.226 e. The second-order valence-corrected chi connectivity index (χ2v) is 7.11. The minimum atomic E-state index is 0.534. The monoisotopic (exact) mass is 414 g/mol. The number of imidazole rings is 1. The second-order valence-electron chi connectivity index (χ2n) is 7.11. The van der Waals surface area contributed by atoms with Crippen molar-refractivity contribution in [2.24, 2.45) is 4.99 Å². The quantitative estimate of drug-likeness (QED) is 0.338. The highest BCUT2D eigenvalue weighted by Gasteiger charge is 2.07. The first-order chi connectivity index (χ1) is 15.3. The molecule has 7 heteroatoms. The maximum Gasteiger partial charge on any atom is 0.226 e. The van der Waals surface area contributed by atoms with Crippen molar-refractivity contribution in [2.75, 3.05) is 6.54 Å². The molecule has 0 radical (unpaired) electrons. The van der Waals surface area contributed by atoms with E-state index in [0.29, 0.717) is 19.0 Å². The molecule has 0 amide bonds. The molecule has 0 bridgehead atoms. The van der Waals surface area contributed by atoms with E-state index in [9.17, 15) is 0 Å². The van der Waals surface area contributed by atoms with Crippen LogP contribution in [0.2, 0.25) is 0 Å². The number of hydrogen-bond acceptors (Lipinski definition) is 4. The van der Waals surface area contributed by atoms with Crippen LogP contribution in [0.4, 0.5) is 0 Å². The largest absolute Gasteiger partial charge is 0.444 e. The van der Waals surface area contributed by atoms with E-state index in [1.165, 1.54) is 5.56 Å². The lowest BCUT2D eigenvalue weighted by Gasteiger charge is -2.10. The van der Waals surface area contributed by atoms with Crippen molar-refractivity contribution in [1.29, 1.82) is 0 Å². The van der Waals surface area contributed by atoms with Crippen LogP contribution in [-0.4, -0.2) is 27.0 Å². The molecule has 0 atom stereocenters. The van der Waals surface area contributed by atoms with Gasteiger partial charge in [0.2, 0.25) is 5.89 Å². The van der Waals surface area contributed by atoms with Crippen LogP contribution in [0, 0.1) is 0 Å². The van der Waals surface area contributed by atoms with E-state index in [1.54, 1.807) is 12.5 Å². The number of nitrogens with one attached hydrogen (secondary N) is 2. The Kier molecular flexibility index (Phi) is 6.74.